The molecule has 5 rings (SSSR count). The highest BCUT2D eigenvalue weighted by atomic mass is 32.2. The number of aromatic nitrogens is 3. The molecule has 0 radical (unpaired) electrons. The van der Waals surface area contributed by atoms with Gasteiger partial charge in [-0.3, -0.25) is 14.5 Å². The largest absolute Gasteiger partial charge is 0.350 e. The molecule has 2 aromatic carbocycles. The van der Waals surface area contributed by atoms with Gasteiger partial charge in [0.15, 0.2) is 0 Å². The van der Waals surface area contributed by atoms with E-state index in [0.717, 1.165) is 32.7 Å². The van der Waals surface area contributed by atoms with Gasteiger partial charge in [-0.15, -0.1) is 11.8 Å². The van der Waals surface area contributed by atoms with Gasteiger partial charge in [-0.1, -0.05) is 24.3 Å². The van der Waals surface area contributed by atoms with Gasteiger partial charge in [0.05, 0.1) is 12.2 Å². The van der Waals surface area contributed by atoms with E-state index in [2.05, 4.69) is 28.2 Å². The standard InChI is InChI=1S/C24H23N5O2S/c1-27-14-19(18-8-3-4-9-21(18)27)20-13-23-28(24(31)10-11-29(23)26-20)15-22(30)25-16-6-5-7-17(12-16)32-2/h3-9,12-14H,10-11,15H2,1-2H3,(H,25,30). The summed E-state index contributed by atoms with van der Waals surface area (Å²) in [6.07, 6.45) is 4.36. The van der Waals surface area contributed by atoms with Crippen LogP contribution in [0.1, 0.15) is 6.42 Å². The zero-order valence-corrected chi connectivity index (χ0v) is 18.7. The molecule has 1 N–H and O–H groups in total. The van der Waals surface area contributed by atoms with E-state index in [0.29, 0.717) is 18.8 Å². The summed E-state index contributed by atoms with van der Waals surface area (Å²) in [5, 5.41) is 8.77. The van der Waals surface area contributed by atoms with E-state index < -0.39 is 0 Å². The van der Waals surface area contributed by atoms with Crippen molar-refractivity contribution in [3.8, 4) is 11.3 Å². The molecular formula is C24H23N5O2S. The number of nitrogens with one attached hydrogen (secondary N) is 1. The fourth-order valence-corrected chi connectivity index (χ4v) is 4.60. The Bertz CT molecular complexity index is 1340. The quantitative estimate of drug-likeness (QED) is 0.469. The molecule has 2 aromatic heterocycles. The smallest absolute Gasteiger partial charge is 0.244 e. The van der Waals surface area contributed by atoms with Crippen molar-refractivity contribution >= 4 is 46.0 Å². The van der Waals surface area contributed by atoms with Crippen LogP contribution in [0.2, 0.25) is 0 Å². The Morgan fingerprint density at radius 3 is 2.84 bits per heavy atom. The van der Waals surface area contributed by atoms with Gasteiger partial charge in [0.2, 0.25) is 11.8 Å². The molecule has 1 aliphatic rings. The maximum Gasteiger partial charge on any atom is 0.244 e. The lowest BCUT2D eigenvalue weighted by Gasteiger charge is -2.26. The Morgan fingerprint density at radius 1 is 1.16 bits per heavy atom. The van der Waals surface area contributed by atoms with Crippen LogP contribution in [-0.2, 0) is 23.2 Å². The first kappa shape index (κ1) is 20.4. The van der Waals surface area contributed by atoms with E-state index in [1.165, 1.54) is 4.90 Å². The average Bonchev–Trinajstić information content (AvgIpc) is 3.37. The second-order valence-corrected chi connectivity index (χ2v) is 8.67. The number of benzene rings is 2. The van der Waals surface area contributed by atoms with E-state index in [9.17, 15) is 9.59 Å². The van der Waals surface area contributed by atoms with Crippen LogP contribution in [-0.4, -0.2) is 39.0 Å². The maximum atomic E-state index is 12.7. The Morgan fingerprint density at radius 2 is 2.00 bits per heavy atom. The number of aryl methyl sites for hydroxylation is 2. The molecule has 0 atom stereocenters. The van der Waals surface area contributed by atoms with Crippen LogP contribution in [0.15, 0.2) is 65.7 Å². The van der Waals surface area contributed by atoms with Gasteiger partial charge in [0, 0.05) is 52.8 Å². The molecule has 7 nitrogen and oxygen atoms in total. The molecule has 162 valence electrons. The summed E-state index contributed by atoms with van der Waals surface area (Å²) in [6, 6.07) is 17.7. The number of hydrogen-bond donors (Lipinski definition) is 1. The first-order chi connectivity index (χ1) is 15.5. The number of thioether (sulfide) groups is 1. The van der Waals surface area contributed by atoms with Gasteiger partial charge in [-0.25, -0.2) is 4.68 Å². The number of rotatable bonds is 5. The summed E-state index contributed by atoms with van der Waals surface area (Å²) in [7, 11) is 2.01. The number of carbonyl (C=O) groups is 2. The fraction of sp³-hybridized carbons (Fsp3) is 0.208. The Labute approximate surface area is 190 Å². The normalized spacial score (nSPS) is 13.4. The molecule has 0 saturated carbocycles. The third-order valence-corrected chi connectivity index (χ3v) is 6.43. The van der Waals surface area contributed by atoms with Crippen LogP contribution in [0.4, 0.5) is 11.5 Å². The lowest BCUT2D eigenvalue weighted by molar-refractivity contribution is -0.122. The van der Waals surface area contributed by atoms with Gasteiger partial charge in [0.25, 0.3) is 0 Å². The fourth-order valence-electron chi connectivity index (χ4n) is 4.14. The molecule has 0 saturated heterocycles. The topological polar surface area (TPSA) is 72.2 Å². The van der Waals surface area contributed by atoms with Crippen LogP contribution >= 0.6 is 11.8 Å². The zero-order valence-electron chi connectivity index (χ0n) is 17.9. The summed E-state index contributed by atoms with van der Waals surface area (Å²) >= 11 is 1.61. The first-order valence-electron chi connectivity index (χ1n) is 10.4. The van der Waals surface area contributed by atoms with E-state index in [-0.39, 0.29) is 18.4 Å². The number of nitrogens with zero attached hydrogens (tertiary/aromatic N) is 4. The van der Waals surface area contributed by atoms with Crippen LogP contribution < -0.4 is 10.2 Å². The average molecular weight is 446 g/mol. The van der Waals surface area contributed by atoms with Gasteiger partial charge in [0.1, 0.15) is 12.4 Å². The number of para-hydroxylation sites is 1. The molecule has 8 heteroatoms. The number of hydrogen-bond acceptors (Lipinski definition) is 4. The molecule has 32 heavy (non-hydrogen) atoms. The van der Waals surface area contributed by atoms with Crippen LogP contribution in [0.5, 0.6) is 0 Å². The SMILES string of the molecule is CSc1cccc(NC(=O)CN2C(=O)CCn3nc(-c4cn(C)c5ccccc45)cc32)c1. The maximum absolute atomic E-state index is 12.7. The first-order valence-corrected chi connectivity index (χ1v) is 11.6. The van der Waals surface area contributed by atoms with Crippen molar-refractivity contribution in [3.63, 3.8) is 0 Å². The second kappa shape index (κ2) is 8.20. The minimum atomic E-state index is -0.238. The number of anilines is 2. The van der Waals surface area contributed by atoms with Crippen molar-refractivity contribution < 1.29 is 9.59 Å². The van der Waals surface area contributed by atoms with Crippen LogP contribution in [0, 0.1) is 0 Å². The van der Waals surface area contributed by atoms with Crippen molar-refractivity contribution in [2.24, 2.45) is 7.05 Å². The van der Waals surface area contributed by atoms with Crippen molar-refractivity contribution in [2.75, 3.05) is 23.0 Å². The lowest BCUT2D eigenvalue weighted by Crippen LogP contribution is -2.42. The van der Waals surface area contributed by atoms with Gasteiger partial charge < -0.3 is 9.88 Å². The highest BCUT2D eigenvalue weighted by Crippen LogP contribution is 2.33. The number of carbonyl (C=O) groups excluding carboxylic acids is 2. The number of fused-ring (bicyclic) bond motifs is 2. The summed E-state index contributed by atoms with van der Waals surface area (Å²) in [6.45, 7) is 0.454. The zero-order chi connectivity index (χ0) is 22.2. The highest BCUT2D eigenvalue weighted by molar-refractivity contribution is 7.98. The molecule has 0 spiro atoms. The summed E-state index contributed by atoms with van der Waals surface area (Å²) in [4.78, 5) is 28.0. The Kier molecular flexibility index (Phi) is 5.22. The predicted molar refractivity (Wildman–Crippen MR) is 128 cm³/mol. The number of amides is 2. The second-order valence-electron chi connectivity index (χ2n) is 7.79. The van der Waals surface area contributed by atoms with Gasteiger partial charge in [-0.2, -0.15) is 5.10 Å². The molecule has 1 aliphatic heterocycles. The van der Waals surface area contributed by atoms with E-state index in [1.807, 2.05) is 60.4 Å². The summed E-state index contributed by atoms with van der Waals surface area (Å²) in [5.74, 6) is 0.338. The molecule has 3 heterocycles. The molecule has 0 bridgehead atoms. The molecule has 0 unspecified atom stereocenters. The predicted octanol–water partition coefficient (Wildman–Crippen LogP) is 4.14. The minimum absolute atomic E-state index is 0.0526. The van der Waals surface area contributed by atoms with E-state index in [1.54, 1.807) is 11.8 Å². The molecule has 0 fully saturated rings. The third-order valence-electron chi connectivity index (χ3n) is 5.70. The summed E-state index contributed by atoms with van der Waals surface area (Å²) in [5.41, 5.74) is 3.64. The van der Waals surface area contributed by atoms with Crippen molar-refractivity contribution in [1.82, 2.24) is 14.3 Å². The van der Waals surface area contributed by atoms with Crippen molar-refractivity contribution in [1.29, 1.82) is 0 Å². The monoisotopic (exact) mass is 445 g/mol. The Balaban J connectivity index is 1.43. The van der Waals surface area contributed by atoms with Gasteiger partial charge >= 0.3 is 0 Å². The molecule has 2 amide bonds. The van der Waals surface area contributed by atoms with E-state index in [4.69, 9.17) is 5.10 Å². The van der Waals surface area contributed by atoms with Crippen molar-refractivity contribution in [3.05, 3.63) is 60.8 Å². The summed E-state index contributed by atoms with van der Waals surface area (Å²) < 4.78 is 3.89. The Hall–Kier alpha value is -3.52. The lowest BCUT2D eigenvalue weighted by atomic mass is 10.1. The highest BCUT2D eigenvalue weighted by Gasteiger charge is 2.28. The molecule has 0 aliphatic carbocycles. The van der Waals surface area contributed by atoms with E-state index >= 15 is 0 Å². The van der Waals surface area contributed by atoms with Crippen LogP contribution in [0.3, 0.4) is 0 Å². The molecular weight excluding hydrogens is 422 g/mol. The van der Waals surface area contributed by atoms with Crippen LogP contribution in [0.25, 0.3) is 22.2 Å². The minimum Gasteiger partial charge on any atom is -0.350 e. The van der Waals surface area contributed by atoms with Gasteiger partial charge in [-0.05, 0) is 30.5 Å². The molecule has 4 aromatic rings. The third kappa shape index (κ3) is 3.67. The van der Waals surface area contributed by atoms with Crippen molar-refractivity contribution in [2.45, 2.75) is 17.9 Å².